The van der Waals surface area contributed by atoms with E-state index in [4.69, 9.17) is 4.74 Å². The second-order valence-electron chi connectivity index (χ2n) is 14.5. The molecule has 0 amide bonds. The third-order valence-corrected chi connectivity index (χ3v) is 12.4. The van der Waals surface area contributed by atoms with E-state index in [2.05, 4.69) is 61.5 Å². The lowest BCUT2D eigenvalue weighted by molar-refractivity contribution is -0.146. The first kappa shape index (κ1) is 24.0. The summed E-state index contributed by atoms with van der Waals surface area (Å²) in [7, 11) is 0. The normalized spacial score (nSPS) is 49.4. The fraction of sp³-hybridized carbons (Fsp3) is 0.900. The summed E-state index contributed by atoms with van der Waals surface area (Å²) in [6.45, 7) is 18.7. The number of epoxide rings is 1. The molecule has 4 fully saturated rings. The first-order valence-electron chi connectivity index (χ1n) is 13.8. The summed E-state index contributed by atoms with van der Waals surface area (Å²) < 4.78 is 5.75. The summed E-state index contributed by atoms with van der Waals surface area (Å²) in [5.74, 6) is 2.73. The molecule has 0 bridgehead atoms. The van der Waals surface area contributed by atoms with Gasteiger partial charge in [-0.1, -0.05) is 53.2 Å². The van der Waals surface area contributed by atoms with Gasteiger partial charge >= 0.3 is 0 Å². The highest BCUT2D eigenvalue weighted by molar-refractivity contribution is 5.85. The van der Waals surface area contributed by atoms with Crippen molar-refractivity contribution in [2.45, 2.75) is 125 Å². The van der Waals surface area contributed by atoms with Crippen molar-refractivity contribution in [1.29, 1.82) is 0 Å². The fourth-order valence-electron chi connectivity index (χ4n) is 9.97. The van der Waals surface area contributed by atoms with Crippen LogP contribution in [0.1, 0.15) is 107 Å². The number of ether oxygens (including phenoxy) is 1. The quantitative estimate of drug-likeness (QED) is 0.377. The summed E-state index contributed by atoms with van der Waals surface area (Å²) in [5, 5.41) is 10.9. The van der Waals surface area contributed by atoms with E-state index in [-0.39, 0.29) is 39.5 Å². The van der Waals surface area contributed by atoms with Crippen molar-refractivity contribution in [1.82, 2.24) is 0 Å². The standard InChI is InChI=1S/C30H48O3/c1-18(17-22(31)25-27(4,5)33-25)19-11-15-30(8)21-9-10-23-26(2,3)24(32)13-14-28(23,6)20(21)12-16-29(19,30)7/h9,18-20,22-23,25,31H,10-17H2,1-8H3/t18-,19-,20?,22+,23?,25-,28+,29-,30+/m0/s1. The van der Waals surface area contributed by atoms with Crippen molar-refractivity contribution >= 4 is 5.78 Å². The molecule has 3 saturated carbocycles. The van der Waals surface area contributed by atoms with Gasteiger partial charge in [0.05, 0.1) is 11.7 Å². The molecule has 1 heterocycles. The van der Waals surface area contributed by atoms with E-state index < -0.39 is 0 Å². The number of hydrogen-bond donors (Lipinski definition) is 1. The number of carbonyl (C=O) groups is 1. The average molecular weight is 457 g/mol. The Morgan fingerprint density at radius 2 is 1.73 bits per heavy atom. The van der Waals surface area contributed by atoms with Crippen LogP contribution >= 0.6 is 0 Å². The van der Waals surface area contributed by atoms with Crippen LogP contribution in [-0.4, -0.2) is 28.7 Å². The van der Waals surface area contributed by atoms with Gasteiger partial charge in [0.15, 0.2) is 0 Å². The van der Waals surface area contributed by atoms with Crippen molar-refractivity contribution in [2.75, 3.05) is 0 Å². The second kappa shape index (κ2) is 7.19. The van der Waals surface area contributed by atoms with Gasteiger partial charge in [0.25, 0.3) is 0 Å². The third kappa shape index (κ3) is 3.16. The van der Waals surface area contributed by atoms with Gasteiger partial charge < -0.3 is 9.84 Å². The number of aliphatic hydroxyl groups excluding tert-OH is 1. The molecule has 1 N–H and O–H groups in total. The molecule has 186 valence electrons. The van der Waals surface area contributed by atoms with Crippen molar-refractivity contribution in [2.24, 2.45) is 45.3 Å². The number of fused-ring (bicyclic) bond motifs is 5. The van der Waals surface area contributed by atoms with Crippen LogP contribution in [0.15, 0.2) is 11.6 Å². The molecule has 0 aromatic rings. The van der Waals surface area contributed by atoms with Crippen LogP contribution in [0.2, 0.25) is 0 Å². The van der Waals surface area contributed by atoms with E-state index in [0.717, 1.165) is 25.7 Å². The molecule has 4 aliphatic carbocycles. The number of aliphatic hydroxyl groups is 1. The number of ketones is 1. The Hall–Kier alpha value is -0.670. The predicted octanol–water partition coefficient (Wildman–Crippen LogP) is 6.73. The van der Waals surface area contributed by atoms with Crippen molar-refractivity contribution in [3.8, 4) is 0 Å². The SMILES string of the molecule is C[C@@H](C[C@@H](O)[C@@H]1OC1(C)C)[C@@H]1CC[C@]2(C)C3=CCC4C(C)(C)C(=O)CC[C@]4(C)C3CC[C@@]12C. The molecule has 0 spiro atoms. The lowest BCUT2D eigenvalue weighted by atomic mass is 9.41. The Labute approximate surface area is 202 Å². The minimum atomic E-state index is -0.350. The summed E-state index contributed by atoms with van der Waals surface area (Å²) in [5.41, 5.74) is 2.17. The summed E-state index contributed by atoms with van der Waals surface area (Å²) in [4.78, 5) is 12.8. The second-order valence-corrected chi connectivity index (χ2v) is 14.5. The van der Waals surface area contributed by atoms with Gasteiger partial charge in [-0.25, -0.2) is 0 Å². The number of carbonyl (C=O) groups excluding carboxylic acids is 1. The number of rotatable bonds is 4. The molecule has 3 heteroatoms. The zero-order valence-electron chi connectivity index (χ0n) is 22.5. The van der Waals surface area contributed by atoms with Crippen LogP contribution < -0.4 is 0 Å². The molecule has 0 radical (unpaired) electrons. The monoisotopic (exact) mass is 456 g/mol. The predicted molar refractivity (Wildman–Crippen MR) is 133 cm³/mol. The highest BCUT2D eigenvalue weighted by Crippen LogP contribution is 2.73. The number of Topliss-reactive ketones (excluding diaryl/α,β-unsaturated/α-hetero) is 1. The summed E-state index contributed by atoms with van der Waals surface area (Å²) in [6, 6.07) is 0. The number of hydrogen-bond acceptors (Lipinski definition) is 3. The van der Waals surface area contributed by atoms with Gasteiger partial charge in [-0.2, -0.15) is 0 Å². The molecule has 33 heavy (non-hydrogen) atoms. The van der Waals surface area contributed by atoms with Gasteiger partial charge in [-0.3, -0.25) is 4.79 Å². The molecule has 1 aliphatic heterocycles. The zero-order valence-corrected chi connectivity index (χ0v) is 22.5. The van der Waals surface area contributed by atoms with Crippen LogP contribution in [0, 0.1) is 45.3 Å². The maximum atomic E-state index is 12.8. The molecule has 9 atom stereocenters. The van der Waals surface area contributed by atoms with E-state index in [1.807, 2.05) is 0 Å². The van der Waals surface area contributed by atoms with Crippen LogP contribution in [0.3, 0.4) is 0 Å². The zero-order chi connectivity index (χ0) is 24.2. The maximum absolute atomic E-state index is 12.8. The molecule has 0 aromatic carbocycles. The van der Waals surface area contributed by atoms with Crippen LogP contribution in [0.5, 0.6) is 0 Å². The van der Waals surface area contributed by atoms with Gasteiger partial charge in [-0.15, -0.1) is 0 Å². The van der Waals surface area contributed by atoms with Gasteiger partial charge in [0, 0.05) is 11.8 Å². The maximum Gasteiger partial charge on any atom is 0.138 e. The van der Waals surface area contributed by atoms with Crippen LogP contribution in [0.4, 0.5) is 0 Å². The molecule has 1 saturated heterocycles. The Kier molecular flexibility index (Phi) is 5.24. The minimum absolute atomic E-state index is 0.00609. The average Bonchev–Trinajstić information content (AvgIpc) is 3.26. The summed E-state index contributed by atoms with van der Waals surface area (Å²) in [6.07, 6.45) is 11.1. The van der Waals surface area contributed by atoms with E-state index in [1.54, 1.807) is 5.57 Å². The Morgan fingerprint density at radius 3 is 2.36 bits per heavy atom. The van der Waals surface area contributed by atoms with Crippen molar-refractivity contribution in [3.63, 3.8) is 0 Å². The lowest BCUT2D eigenvalue weighted by Crippen LogP contribution is -2.57. The van der Waals surface area contributed by atoms with Crippen molar-refractivity contribution < 1.29 is 14.6 Å². The van der Waals surface area contributed by atoms with E-state index >= 15 is 0 Å². The van der Waals surface area contributed by atoms with Gasteiger partial charge in [0.2, 0.25) is 0 Å². The molecular formula is C30H48O3. The first-order chi connectivity index (χ1) is 15.2. The van der Waals surface area contributed by atoms with Crippen LogP contribution in [-0.2, 0) is 9.53 Å². The lowest BCUT2D eigenvalue weighted by Gasteiger charge is -2.63. The minimum Gasteiger partial charge on any atom is -0.390 e. The fourth-order valence-corrected chi connectivity index (χ4v) is 9.97. The van der Waals surface area contributed by atoms with E-state index in [9.17, 15) is 9.90 Å². The molecule has 0 aromatic heterocycles. The first-order valence-corrected chi connectivity index (χ1v) is 13.8. The van der Waals surface area contributed by atoms with Gasteiger partial charge in [-0.05, 0) is 98.7 Å². The Balaban J connectivity index is 1.41. The van der Waals surface area contributed by atoms with E-state index in [1.165, 1.54) is 25.7 Å². The highest BCUT2D eigenvalue weighted by atomic mass is 16.6. The largest absolute Gasteiger partial charge is 0.390 e. The third-order valence-electron chi connectivity index (χ3n) is 12.4. The molecular weight excluding hydrogens is 408 g/mol. The highest BCUT2D eigenvalue weighted by Gasteiger charge is 2.65. The van der Waals surface area contributed by atoms with Gasteiger partial charge in [0.1, 0.15) is 11.9 Å². The molecule has 3 nitrogen and oxygen atoms in total. The topological polar surface area (TPSA) is 49.8 Å². The molecule has 2 unspecified atom stereocenters. The number of allylic oxidation sites excluding steroid dienone is 2. The molecule has 5 aliphatic rings. The van der Waals surface area contributed by atoms with E-state index in [0.29, 0.717) is 29.5 Å². The smallest absolute Gasteiger partial charge is 0.138 e. The Bertz CT molecular complexity index is 870. The Morgan fingerprint density at radius 1 is 1.06 bits per heavy atom. The van der Waals surface area contributed by atoms with Crippen LogP contribution in [0.25, 0.3) is 0 Å². The summed E-state index contributed by atoms with van der Waals surface area (Å²) >= 11 is 0. The van der Waals surface area contributed by atoms with Crippen molar-refractivity contribution in [3.05, 3.63) is 11.6 Å². The molecule has 5 rings (SSSR count).